The molecule has 82 valence electrons. The van der Waals surface area contributed by atoms with E-state index in [1.165, 1.54) is 0 Å². The molecule has 0 saturated carbocycles. The van der Waals surface area contributed by atoms with Crippen molar-refractivity contribution in [3.05, 3.63) is 32.8 Å². The highest BCUT2D eigenvalue weighted by Gasteiger charge is 2.15. The van der Waals surface area contributed by atoms with Gasteiger partial charge in [-0.3, -0.25) is 10.1 Å². The van der Waals surface area contributed by atoms with E-state index in [2.05, 4.69) is 17.5 Å². The zero-order valence-corrected chi connectivity index (χ0v) is 9.30. The zero-order chi connectivity index (χ0) is 12.3. The molecule has 1 aromatic carbocycles. The van der Waals surface area contributed by atoms with Crippen LogP contribution in [0.3, 0.4) is 0 Å². The van der Waals surface area contributed by atoms with Gasteiger partial charge in [0.2, 0.25) is 0 Å². The average Bonchev–Trinajstić information content (AvgIpc) is 2.19. The molecule has 0 aliphatic carbocycles. The second-order valence-electron chi connectivity index (χ2n) is 2.71. The summed E-state index contributed by atoms with van der Waals surface area (Å²) >= 11 is 10.4. The molecule has 1 aromatic rings. The summed E-state index contributed by atoms with van der Waals surface area (Å²) in [5.74, 6) is 0. The Balaban J connectivity index is 3.35. The lowest BCUT2D eigenvalue weighted by molar-refractivity contribution is -0.384. The van der Waals surface area contributed by atoms with Gasteiger partial charge in [-0.2, -0.15) is 5.26 Å². The van der Waals surface area contributed by atoms with Gasteiger partial charge in [0, 0.05) is 12.1 Å². The summed E-state index contributed by atoms with van der Waals surface area (Å²) in [5.41, 5.74) is 5.14. The van der Waals surface area contributed by atoms with Crippen molar-refractivity contribution in [2.24, 2.45) is 5.73 Å². The molecule has 0 fully saturated rings. The number of nitrogens with zero attached hydrogens (tertiary/aromatic N) is 2. The van der Waals surface area contributed by atoms with Crippen LogP contribution in [-0.2, 0) is 0 Å². The van der Waals surface area contributed by atoms with Gasteiger partial charge in [-0.25, -0.2) is 0 Å². The molecule has 0 unspecified atom stereocenters. The Bertz CT molecular complexity index is 511. The maximum absolute atomic E-state index is 10.5. The Labute approximate surface area is 101 Å². The van der Waals surface area contributed by atoms with Crippen molar-refractivity contribution in [1.82, 2.24) is 0 Å². The van der Waals surface area contributed by atoms with Crippen molar-refractivity contribution in [2.75, 3.05) is 5.32 Å². The van der Waals surface area contributed by atoms with E-state index >= 15 is 0 Å². The van der Waals surface area contributed by atoms with E-state index < -0.39 is 4.92 Å². The molecule has 0 spiro atoms. The molecule has 0 aromatic heterocycles. The number of thiocarbonyl (C=S) groups is 1. The molecule has 0 amide bonds. The second kappa shape index (κ2) is 4.74. The number of anilines is 1. The highest BCUT2D eigenvalue weighted by molar-refractivity contribution is 7.80. The van der Waals surface area contributed by atoms with E-state index in [0.717, 1.165) is 12.1 Å². The maximum atomic E-state index is 10.5. The van der Waals surface area contributed by atoms with Crippen molar-refractivity contribution in [3.8, 4) is 6.07 Å². The van der Waals surface area contributed by atoms with Crippen LogP contribution in [0.5, 0.6) is 0 Å². The van der Waals surface area contributed by atoms with Crippen molar-refractivity contribution in [3.63, 3.8) is 0 Å². The monoisotopic (exact) mass is 256 g/mol. The first-order valence-electron chi connectivity index (χ1n) is 3.90. The van der Waals surface area contributed by atoms with Crippen LogP contribution in [0.15, 0.2) is 12.1 Å². The van der Waals surface area contributed by atoms with Gasteiger partial charge < -0.3 is 11.1 Å². The topological polar surface area (TPSA) is 105 Å². The SMILES string of the molecule is N#Cc1cc([N+](=O)[O-])cc(Cl)c1NC(N)=S. The van der Waals surface area contributed by atoms with Crippen LogP contribution < -0.4 is 11.1 Å². The van der Waals surface area contributed by atoms with E-state index in [4.69, 9.17) is 22.6 Å². The first kappa shape index (κ1) is 12.2. The molecule has 6 nitrogen and oxygen atoms in total. The third-order valence-corrected chi connectivity index (χ3v) is 2.05. The molecule has 0 radical (unpaired) electrons. The summed E-state index contributed by atoms with van der Waals surface area (Å²) in [4.78, 5) is 9.88. The predicted molar refractivity (Wildman–Crippen MR) is 63.2 cm³/mol. The third kappa shape index (κ3) is 2.56. The van der Waals surface area contributed by atoms with Crippen molar-refractivity contribution in [2.45, 2.75) is 0 Å². The molecule has 0 saturated heterocycles. The Kier molecular flexibility index (Phi) is 3.60. The van der Waals surface area contributed by atoms with Crippen molar-refractivity contribution < 1.29 is 4.92 Å². The van der Waals surface area contributed by atoms with Crippen LogP contribution in [0.2, 0.25) is 5.02 Å². The summed E-state index contributed by atoms with van der Waals surface area (Å²) in [6, 6.07) is 3.97. The lowest BCUT2D eigenvalue weighted by Gasteiger charge is -2.07. The summed E-state index contributed by atoms with van der Waals surface area (Å²) in [6.45, 7) is 0. The van der Waals surface area contributed by atoms with E-state index in [-0.39, 0.29) is 27.1 Å². The molecule has 3 N–H and O–H groups in total. The third-order valence-electron chi connectivity index (χ3n) is 1.65. The number of nitro groups is 1. The molecule has 0 heterocycles. The van der Waals surface area contributed by atoms with Crippen molar-refractivity contribution >= 4 is 40.3 Å². The zero-order valence-electron chi connectivity index (χ0n) is 7.73. The lowest BCUT2D eigenvalue weighted by atomic mass is 10.1. The number of nitriles is 1. The summed E-state index contributed by atoms with van der Waals surface area (Å²) in [7, 11) is 0. The average molecular weight is 257 g/mol. The lowest BCUT2D eigenvalue weighted by Crippen LogP contribution is -2.20. The highest BCUT2D eigenvalue weighted by atomic mass is 35.5. The van der Waals surface area contributed by atoms with E-state index in [1.807, 2.05) is 0 Å². The van der Waals surface area contributed by atoms with Crippen molar-refractivity contribution in [1.29, 1.82) is 5.26 Å². The first-order chi connectivity index (χ1) is 7.45. The van der Waals surface area contributed by atoms with Gasteiger partial charge in [0.15, 0.2) is 5.11 Å². The summed E-state index contributed by atoms with van der Waals surface area (Å²) < 4.78 is 0. The highest BCUT2D eigenvalue weighted by Crippen LogP contribution is 2.30. The Morgan fingerprint density at radius 2 is 2.31 bits per heavy atom. The van der Waals surface area contributed by atoms with Gasteiger partial charge in [0.1, 0.15) is 6.07 Å². The Hall–Kier alpha value is -1.91. The Morgan fingerprint density at radius 1 is 1.69 bits per heavy atom. The second-order valence-corrected chi connectivity index (χ2v) is 3.56. The van der Waals surface area contributed by atoms with Crippen LogP contribution >= 0.6 is 23.8 Å². The van der Waals surface area contributed by atoms with Gasteiger partial charge in [-0.1, -0.05) is 11.6 Å². The standard InChI is InChI=1S/C8H5ClN4O2S/c9-6-2-5(13(14)15)1-4(3-10)7(6)12-8(11)16/h1-2H,(H3,11,12,16). The number of nitrogens with two attached hydrogens (primary N) is 1. The minimum Gasteiger partial charge on any atom is -0.376 e. The van der Waals surface area contributed by atoms with Crippen LogP contribution in [-0.4, -0.2) is 10.0 Å². The smallest absolute Gasteiger partial charge is 0.272 e. The maximum Gasteiger partial charge on any atom is 0.272 e. The van der Waals surface area contributed by atoms with Crippen LogP contribution in [0.4, 0.5) is 11.4 Å². The Morgan fingerprint density at radius 3 is 2.75 bits per heavy atom. The fourth-order valence-electron chi connectivity index (χ4n) is 1.04. The molecule has 16 heavy (non-hydrogen) atoms. The van der Waals surface area contributed by atoms with Crippen LogP contribution in [0.25, 0.3) is 0 Å². The van der Waals surface area contributed by atoms with Gasteiger partial charge in [0.05, 0.1) is 21.2 Å². The van der Waals surface area contributed by atoms with E-state index in [1.54, 1.807) is 6.07 Å². The number of hydrogen-bond acceptors (Lipinski definition) is 4. The first-order valence-corrected chi connectivity index (χ1v) is 4.69. The van der Waals surface area contributed by atoms with E-state index in [0.29, 0.717) is 0 Å². The molecule has 1 rings (SSSR count). The molecule has 0 aliphatic heterocycles. The number of non-ortho nitro benzene ring substituents is 1. The number of hydrogen-bond donors (Lipinski definition) is 2. The van der Waals surface area contributed by atoms with Gasteiger partial charge in [-0.15, -0.1) is 0 Å². The summed E-state index contributed by atoms with van der Waals surface area (Å²) in [5, 5.41) is 21.8. The molecule has 0 aliphatic rings. The number of halogens is 1. The normalized spacial score (nSPS) is 9.25. The summed E-state index contributed by atoms with van der Waals surface area (Å²) in [6.07, 6.45) is 0. The quantitative estimate of drug-likeness (QED) is 0.475. The van der Waals surface area contributed by atoms with Crippen LogP contribution in [0.1, 0.15) is 5.56 Å². The number of nitrogens with one attached hydrogen (secondary N) is 1. The molecule has 8 heteroatoms. The fraction of sp³-hybridized carbons (Fsp3) is 0. The molecular formula is C8H5ClN4O2S. The molecule has 0 atom stereocenters. The number of rotatable bonds is 2. The van der Waals surface area contributed by atoms with Gasteiger partial charge in [0.25, 0.3) is 5.69 Å². The number of benzene rings is 1. The fourth-order valence-corrected chi connectivity index (χ4v) is 1.40. The minimum absolute atomic E-state index is 0.00648. The number of nitro benzene ring substituents is 1. The van der Waals surface area contributed by atoms with E-state index in [9.17, 15) is 10.1 Å². The van der Waals surface area contributed by atoms with Crippen LogP contribution in [0, 0.1) is 21.4 Å². The minimum atomic E-state index is -0.642. The van der Waals surface area contributed by atoms with Gasteiger partial charge >= 0.3 is 0 Å². The predicted octanol–water partition coefficient (Wildman–Crippen LogP) is 1.78. The molecular weight excluding hydrogens is 252 g/mol. The molecule has 0 bridgehead atoms. The van der Waals surface area contributed by atoms with Gasteiger partial charge in [-0.05, 0) is 12.2 Å². The largest absolute Gasteiger partial charge is 0.376 e.